The van der Waals surface area contributed by atoms with E-state index in [9.17, 15) is 0 Å². The van der Waals surface area contributed by atoms with Gasteiger partial charge in [0.2, 0.25) is 0 Å². The fourth-order valence-corrected chi connectivity index (χ4v) is 2.96. The molecule has 132 valence electrons. The molecule has 0 spiro atoms. The Bertz CT molecular complexity index is 923. The average Bonchev–Trinajstić information content (AvgIpc) is 2.67. The fourth-order valence-electron chi connectivity index (χ4n) is 2.96. The average molecular weight is 346 g/mol. The van der Waals surface area contributed by atoms with Crippen LogP contribution in [0.2, 0.25) is 0 Å². The second-order valence-corrected chi connectivity index (χ2v) is 6.21. The van der Waals surface area contributed by atoms with Gasteiger partial charge < -0.3 is 4.74 Å². The van der Waals surface area contributed by atoms with Gasteiger partial charge in [-0.2, -0.15) is 0 Å². The van der Waals surface area contributed by atoms with Crippen LogP contribution in [0.3, 0.4) is 0 Å². The van der Waals surface area contributed by atoms with Gasteiger partial charge in [0.1, 0.15) is 18.2 Å². The lowest BCUT2D eigenvalue weighted by Crippen LogP contribution is -1.93. The molecular formula is C24H23FO. The molecule has 0 unspecified atom stereocenters. The molecule has 1 nitrogen and oxygen atoms in total. The predicted molar refractivity (Wildman–Crippen MR) is 108 cm³/mol. The van der Waals surface area contributed by atoms with E-state index in [0.717, 1.165) is 29.5 Å². The van der Waals surface area contributed by atoms with Crippen molar-refractivity contribution in [3.63, 3.8) is 0 Å². The number of hydrogen-bond acceptors (Lipinski definition) is 1. The van der Waals surface area contributed by atoms with Gasteiger partial charge in [-0.25, -0.2) is 4.39 Å². The minimum absolute atomic E-state index is 0.180. The Hall–Kier alpha value is -2.87. The van der Waals surface area contributed by atoms with Crippen molar-refractivity contribution < 1.29 is 9.13 Å². The fraction of sp³-hybridized carbons (Fsp3) is 0.167. The van der Waals surface area contributed by atoms with Crippen LogP contribution in [-0.4, -0.2) is 6.61 Å². The highest BCUT2D eigenvalue weighted by Crippen LogP contribution is 2.30. The third kappa shape index (κ3) is 4.02. The van der Waals surface area contributed by atoms with Crippen LogP contribution in [0.25, 0.3) is 21.9 Å². The molecule has 3 aromatic carbocycles. The third-order valence-corrected chi connectivity index (χ3v) is 4.40. The van der Waals surface area contributed by atoms with Crippen molar-refractivity contribution in [2.24, 2.45) is 0 Å². The first kappa shape index (κ1) is 17.9. The summed E-state index contributed by atoms with van der Waals surface area (Å²) < 4.78 is 20.6. The Balaban J connectivity index is 1.88. The van der Waals surface area contributed by atoms with Gasteiger partial charge in [0.25, 0.3) is 0 Å². The van der Waals surface area contributed by atoms with Crippen LogP contribution in [0, 0.1) is 5.82 Å². The number of allylic oxidation sites excluding steroid dienone is 2. The van der Waals surface area contributed by atoms with Crippen LogP contribution >= 0.6 is 0 Å². The zero-order valence-corrected chi connectivity index (χ0v) is 15.0. The zero-order valence-electron chi connectivity index (χ0n) is 15.0. The summed E-state index contributed by atoms with van der Waals surface area (Å²) in [5.41, 5.74) is 2.65. The van der Waals surface area contributed by atoms with Crippen molar-refractivity contribution in [2.45, 2.75) is 19.8 Å². The van der Waals surface area contributed by atoms with E-state index in [4.69, 9.17) is 4.74 Å². The monoisotopic (exact) mass is 346 g/mol. The molecule has 0 N–H and O–H groups in total. The van der Waals surface area contributed by atoms with Crippen molar-refractivity contribution >= 4 is 10.8 Å². The third-order valence-electron chi connectivity index (χ3n) is 4.40. The molecule has 0 atom stereocenters. The molecular weight excluding hydrogens is 323 g/mol. The SMILES string of the molecule is C=CCCc1ccc2c(F)c(-c3ccc(OCC=CC)cc3)ccc2c1. The molecule has 0 aliphatic heterocycles. The number of hydrogen-bond donors (Lipinski definition) is 0. The van der Waals surface area contributed by atoms with Gasteiger partial charge in [0.15, 0.2) is 0 Å². The molecule has 0 saturated heterocycles. The molecule has 0 aliphatic rings. The van der Waals surface area contributed by atoms with E-state index in [-0.39, 0.29) is 5.82 Å². The number of fused-ring (bicyclic) bond motifs is 1. The number of ether oxygens (including phenoxy) is 1. The molecule has 3 aromatic rings. The maximum atomic E-state index is 15.0. The van der Waals surface area contributed by atoms with Gasteiger partial charge in [0.05, 0.1) is 0 Å². The zero-order chi connectivity index (χ0) is 18.4. The highest BCUT2D eigenvalue weighted by Gasteiger charge is 2.10. The first-order valence-corrected chi connectivity index (χ1v) is 8.89. The van der Waals surface area contributed by atoms with Crippen LogP contribution in [0.1, 0.15) is 18.9 Å². The van der Waals surface area contributed by atoms with E-state index in [2.05, 4.69) is 12.6 Å². The predicted octanol–water partition coefficient (Wildman–Crippen LogP) is 6.72. The Morgan fingerprint density at radius 3 is 2.58 bits per heavy atom. The van der Waals surface area contributed by atoms with Crippen molar-refractivity contribution in [2.75, 3.05) is 6.61 Å². The molecule has 26 heavy (non-hydrogen) atoms. The lowest BCUT2D eigenvalue weighted by molar-refractivity contribution is 0.363. The van der Waals surface area contributed by atoms with E-state index >= 15 is 4.39 Å². The van der Waals surface area contributed by atoms with Crippen LogP contribution in [0.4, 0.5) is 4.39 Å². The summed E-state index contributed by atoms with van der Waals surface area (Å²) in [5, 5.41) is 1.58. The highest BCUT2D eigenvalue weighted by atomic mass is 19.1. The van der Waals surface area contributed by atoms with Crippen molar-refractivity contribution in [3.05, 3.63) is 90.8 Å². The lowest BCUT2D eigenvalue weighted by Gasteiger charge is -2.10. The minimum atomic E-state index is -0.180. The normalized spacial score (nSPS) is 11.2. The molecule has 0 amide bonds. The number of rotatable bonds is 7. The summed E-state index contributed by atoms with van der Waals surface area (Å²) in [5.74, 6) is 0.597. The minimum Gasteiger partial charge on any atom is -0.490 e. The summed E-state index contributed by atoms with van der Waals surface area (Å²) in [4.78, 5) is 0. The first-order chi connectivity index (χ1) is 12.7. The quantitative estimate of drug-likeness (QED) is 0.431. The van der Waals surface area contributed by atoms with Gasteiger partial charge >= 0.3 is 0 Å². The number of benzene rings is 3. The Morgan fingerprint density at radius 2 is 1.85 bits per heavy atom. The van der Waals surface area contributed by atoms with E-state index in [0.29, 0.717) is 17.6 Å². The van der Waals surface area contributed by atoms with Crippen molar-refractivity contribution in [1.82, 2.24) is 0 Å². The summed E-state index contributed by atoms with van der Waals surface area (Å²) in [6, 6.07) is 17.3. The second-order valence-electron chi connectivity index (χ2n) is 6.21. The molecule has 0 heterocycles. The largest absolute Gasteiger partial charge is 0.490 e. The number of aryl methyl sites for hydroxylation is 1. The molecule has 0 bridgehead atoms. The van der Waals surface area contributed by atoms with E-state index in [1.165, 1.54) is 5.56 Å². The van der Waals surface area contributed by atoms with Crippen LogP contribution in [0.15, 0.2) is 79.4 Å². The smallest absolute Gasteiger partial charge is 0.138 e. The van der Waals surface area contributed by atoms with Crippen LogP contribution < -0.4 is 4.74 Å². The highest BCUT2D eigenvalue weighted by molar-refractivity contribution is 5.88. The standard InChI is InChI=1S/C24H23FO/c1-3-5-7-18-8-14-23-20(17-18)11-15-22(24(23)25)19-9-12-21(13-10-19)26-16-6-4-2/h3-4,6,8-15,17H,1,5,7,16H2,2H3. The maximum Gasteiger partial charge on any atom is 0.138 e. The van der Waals surface area contributed by atoms with Gasteiger partial charge in [-0.15, -0.1) is 6.58 Å². The van der Waals surface area contributed by atoms with Gasteiger partial charge in [0, 0.05) is 10.9 Å². The number of halogens is 1. The van der Waals surface area contributed by atoms with Gasteiger partial charge in [-0.1, -0.05) is 60.7 Å². The molecule has 0 saturated carbocycles. The van der Waals surface area contributed by atoms with E-state index in [1.807, 2.05) is 73.7 Å². The molecule has 0 fully saturated rings. The lowest BCUT2D eigenvalue weighted by atomic mass is 9.98. The Kier molecular flexibility index (Phi) is 5.85. The molecule has 3 rings (SSSR count). The Labute approximate surface area is 154 Å². The summed E-state index contributed by atoms with van der Waals surface area (Å²) >= 11 is 0. The first-order valence-electron chi connectivity index (χ1n) is 8.89. The van der Waals surface area contributed by atoms with E-state index in [1.54, 1.807) is 0 Å². The maximum absolute atomic E-state index is 15.0. The summed E-state index contributed by atoms with van der Waals surface area (Å²) in [7, 11) is 0. The van der Waals surface area contributed by atoms with Crippen LogP contribution in [0.5, 0.6) is 5.75 Å². The molecule has 0 radical (unpaired) electrons. The van der Waals surface area contributed by atoms with Crippen LogP contribution in [-0.2, 0) is 6.42 Å². The molecule has 0 aliphatic carbocycles. The van der Waals surface area contributed by atoms with Crippen molar-refractivity contribution in [3.8, 4) is 16.9 Å². The van der Waals surface area contributed by atoms with Gasteiger partial charge in [-0.3, -0.25) is 0 Å². The summed E-state index contributed by atoms with van der Waals surface area (Å²) in [6.07, 6.45) is 7.65. The molecule has 0 aromatic heterocycles. The summed E-state index contributed by atoms with van der Waals surface area (Å²) in [6.45, 7) is 6.24. The van der Waals surface area contributed by atoms with E-state index < -0.39 is 0 Å². The van der Waals surface area contributed by atoms with Crippen molar-refractivity contribution in [1.29, 1.82) is 0 Å². The molecule has 2 heteroatoms. The van der Waals surface area contributed by atoms with Gasteiger partial charge in [-0.05, 0) is 48.4 Å². The second kappa shape index (κ2) is 8.48. The Morgan fingerprint density at radius 1 is 1.04 bits per heavy atom. The topological polar surface area (TPSA) is 9.23 Å².